The zero-order valence-electron chi connectivity index (χ0n) is 8.12. The highest BCUT2D eigenvalue weighted by Gasteiger charge is 2.19. The van der Waals surface area contributed by atoms with Crippen LogP contribution < -0.4 is 0 Å². The molecular formula is C10H21Cl. The summed E-state index contributed by atoms with van der Waals surface area (Å²) in [7, 11) is 0. The lowest BCUT2D eigenvalue weighted by Gasteiger charge is -2.24. The topological polar surface area (TPSA) is 0 Å². The van der Waals surface area contributed by atoms with Crippen molar-refractivity contribution in [2.45, 2.75) is 52.9 Å². The summed E-state index contributed by atoms with van der Waals surface area (Å²) in [6.07, 6.45) is 6.50. The van der Waals surface area contributed by atoms with Gasteiger partial charge in [-0.2, -0.15) is 0 Å². The summed E-state index contributed by atoms with van der Waals surface area (Å²) >= 11 is 5.89. The van der Waals surface area contributed by atoms with Gasteiger partial charge in [0.15, 0.2) is 0 Å². The highest BCUT2D eigenvalue weighted by atomic mass is 35.5. The molecule has 1 heteroatoms. The second kappa shape index (κ2) is 5.88. The minimum atomic E-state index is 0.400. The van der Waals surface area contributed by atoms with E-state index in [0.29, 0.717) is 5.41 Å². The van der Waals surface area contributed by atoms with E-state index in [1.807, 2.05) is 0 Å². The molecule has 0 fully saturated rings. The predicted molar refractivity (Wildman–Crippen MR) is 53.3 cm³/mol. The molecule has 11 heavy (non-hydrogen) atoms. The second-order valence-corrected chi connectivity index (χ2v) is 4.02. The smallest absolute Gasteiger partial charge is 0.0277 e. The number of halogens is 1. The molecule has 0 aromatic carbocycles. The molecule has 0 heterocycles. The van der Waals surface area contributed by atoms with Crippen LogP contribution in [-0.4, -0.2) is 5.88 Å². The molecule has 0 saturated carbocycles. The van der Waals surface area contributed by atoms with Crippen LogP contribution in [0, 0.1) is 5.41 Å². The average molecular weight is 177 g/mol. The van der Waals surface area contributed by atoms with Gasteiger partial charge in [-0.25, -0.2) is 0 Å². The molecule has 1 unspecified atom stereocenters. The van der Waals surface area contributed by atoms with Gasteiger partial charge in [0.05, 0.1) is 0 Å². The van der Waals surface area contributed by atoms with E-state index >= 15 is 0 Å². The first-order chi connectivity index (χ1) is 5.18. The fraction of sp³-hybridized carbons (Fsp3) is 1.00. The lowest BCUT2D eigenvalue weighted by molar-refractivity contribution is 0.314. The third-order valence-corrected chi connectivity index (χ3v) is 3.21. The number of hydrogen-bond acceptors (Lipinski definition) is 0. The van der Waals surface area contributed by atoms with E-state index in [4.69, 9.17) is 11.6 Å². The van der Waals surface area contributed by atoms with Crippen molar-refractivity contribution in [3.63, 3.8) is 0 Å². The third-order valence-electron chi connectivity index (χ3n) is 2.56. The molecule has 0 saturated heterocycles. The molecule has 0 bridgehead atoms. The quantitative estimate of drug-likeness (QED) is 0.420. The zero-order valence-corrected chi connectivity index (χ0v) is 8.88. The maximum absolute atomic E-state index is 5.89. The minimum absolute atomic E-state index is 0.400. The Morgan fingerprint density at radius 3 is 2.18 bits per heavy atom. The van der Waals surface area contributed by atoms with E-state index in [1.165, 1.54) is 32.1 Å². The Bertz CT molecular complexity index is 84.9. The van der Waals surface area contributed by atoms with Gasteiger partial charge in [-0.15, -0.1) is 11.6 Å². The first-order valence-corrected chi connectivity index (χ1v) is 5.28. The molecule has 0 aromatic rings. The Balaban J connectivity index is 3.51. The molecule has 0 N–H and O–H groups in total. The number of hydrogen-bond donors (Lipinski definition) is 0. The normalized spacial score (nSPS) is 16.4. The monoisotopic (exact) mass is 176 g/mol. The molecule has 1 atom stereocenters. The summed E-state index contributed by atoms with van der Waals surface area (Å²) < 4.78 is 0. The summed E-state index contributed by atoms with van der Waals surface area (Å²) in [4.78, 5) is 0. The van der Waals surface area contributed by atoms with Gasteiger partial charge in [0.2, 0.25) is 0 Å². The van der Waals surface area contributed by atoms with Gasteiger partial charge in [0, 0.05) is 5.88 Å². The van der Waals surface area contributed by atoms with Crippen LogP contribution in [0.5, 0.6) is 0 Å². The van der Waals surface area contributed by atoms with Crippen molar-refractivity contribution < 1.29 is 0 Å². The number of alkyl halides is 1. The SMILES string of the molecule is CCCCCC(C)(CC)CCl. The Kier molecular flexibility index (Phi) is 6.03. The van der Waals surface area contributed by atoms with Crippen LogP contribution in [0.2, 0.25) is 0 Å². The summed E-state index contributed by atoms with van der Waals surface area (Å²) in [5, 5.41) is 0. The van der Waals surface area contributed by atoms with E-state index in [9.17, 15) is 0 Å². The van der Waals surface area contributed by atoms with Gasteiger partial charge < -0.3 is 0 Å². The molecule has 0 nitrogen and oxygen atoms in total. The molecule has 68 valence electrons. The largest absolute Gasteiger partial charge is 0.126 e. The summed E-state index contributed by atoms with van der Waals surface area (Å²) in [6, 6.07) is 0. The predicted octanol–water partition coefficient (Wildman–Crippen LogP) is 4.22. The summed E-state index contributed by atoms with van der Waals surface area (Å²) in [5.41, 5.74) is 0.400. The average Bonchev–Trinajstić information content (AvgIpc) is 2.05. The van der Waals surface area contributed by atoms with Crippen LogP contribution in [0.25, 0.3) is 0 Å². The van der Waals surface area contributed by atoms with Crippen molar-refractivity contribution in [2.24, 2.45) is 5.41 Å². The van der Waals surface area contributed by atoms with Crippen LogP contribution in [0.4, 0.5) is 0 Å². The van der Waals surface area contributed by atoms with Gasteiger partial charge in [0.25, 0.3) is 0 Å². The fourth-order valence-corrected chi connectivity index (χ4v) is 1.46. The summed E-state index contributed by atoms with van der Waals surface area (Å²) in [5.74, 6) is 0.813. The van der Waals surface area contributed by atoms with Gasteiger partial charge in [-0.1, -0.05) is 40.0 Å². The van der Waals surface area contributed by atoms with Crippen LogP contribution in [0.1, 0.15) is 52.9 Å². The first-order valence-electron chi connectivity index (χ1n) is 4.74. The minimum Gasteiger partial charge on any atom is -0.126 e. The Hall–Kier alpha value is 0.290. The van der Waals surface area contributed by atoms with Crippen molar-refractivity contribution in [3.8, 4) is 0 Å². The molecular weight excluding hydrogens is 156 g/mol. The molecule has 0 aliphatic rings. The zero-order chi connectivity index (χ0) is 8.74. The van der Waals surface area contributed by atoms with Gasteiger partial charge in [-0.3, -0.25) is 0 Å². The maximum Gasteiger partial charge on any atom is 0.0277 e. The number of rotatable bonds is 6. The van der Waals surface area contributed by atoms with E-state index in [-0.39, 0.29) is 0 Å². The van der Waals surface area contributed by atoms with Crippen LogP contribution in [-0.2, 0) is 0 Å². The molecule has 0 radical (unpaired) electrons. The first kappa shape index (κ1) is 11.3. The lowest BCUT2D eigenvalue weighted by atomic mass is 9.84. The Morgan fingerprint density at radius 2 is 1.82 bits per heavy atom. The van der Waals surface area contributed by atoms with E-state index in [2.05, 4.69) is 20.8 Å². The third kappa shape index (κ3) is 4.68. The molecule has 0 aliphatic carbocycles. The molecule has 0 rings (SSSR count). The molecule has 0 aliphatic heterocycles. The van der Waals surface area contributed by atoms with E-state index in [1.54, 1.807) is 0 Å². The summed E-state index contributed by atoms with van der Waals surface area (Å²) in [6.45, 7) is 6.76. The molecule has 0 amide bonds. The second-order valence-electron chi connectivity index (χ2n) is 3.75. The maximum atomic E-state index is 5.89. The fourth-order valence-electron chi connectivity index (χ4n) is 1.14. The van der Waals surface area contributed by atoms with Crippen molar-refractivity contribution in [2.75, 3.05) is 5.88 Å². The Labute approximate surface area is 76.3 Å². The van der Waals surface area contributed by atoms with Crippen molar-refractivity contribution in [1.82, 2.24) is 0 Å². The lowest BCUT2D eigenvalue weighted by Crippen LogP contribution is -2.16. The molecule has 0 aromatic heterocycles. The van der Waals surface area contributed by atoms with Crippen LogP contribution >= 0.6 is 11.6 Å². The standard InChI is InChI=1S/C10H21Cl/c1-4-6-7-8-10(3,5-2)9-11/h4-9H2,1-3H3. The molecule has 0 spiro atoms. The number of unbranched alkanes of at least 4 members (excludes halogenated alkanes) is 2. The van der Waals surface area contributed by atoms with Gasteiger partial charge in [-0.05, 0) is 18.3 Å². The van der Waals surface area contributed by atoms with Gasteiger partial charge >= 0.3 is 0 Å². The highest BCUT2D eigenvalue weighted by molar-refractivity contribution is 6.18. The van der Waals surface area contributed by atoms with E-state index < -0.39 is 0 Å². The van der Waals surface area contributed by atoms with E-state index in [0.717, 1.165) is 5.88 Å². The van der Waals surface area contributed by atoms with Gasteiger partial charge in [0.1, 0.15) is 0 Å². The van der Waals surface area contributed by atoms with Crippen LogP contribution in [0.15, 0.2) is 0 Å². The van der Waals surface area contributed by atoms with Crippen molar-refractivity contribution >= 4 is 11.6 Å². The highest BCUT2D eigenvalue weighted by Crippen LogP contribution is 2.29. The van der Waals surface area contributed by atoms with Crippen molar-refractivity contribution in [1.29, 1.82) is 0 Å². The Morgan fingerprint density at radius 1 is 1.18 bits per heavy atom. The van der Waals surface area contributed by atoms with Crippen molar-refractivity contribution in [3.05, 3.63) is 0 Å². The van der Waals surface area contributed by atoms with Crippen LogP contribution in [0.3, 0.4) is 0 Å².